The van der Waals surface area contributed by atoms with Crippen molar-refractivity contribution in [3.05, 3.63) is 86.6 Å². The number of ketones is 1. The maximum Gasteiger partial charge on any atom is 0.300 e. The predicted octanol–water partition coefficient (Wildman–Crippen LogP) is 6.33. The molecule has 1 atom stereocenters. The number of halogens is 1. The minimum atomic E-state index is -0.769. The zero-order valence-electron chi connectivity index (χ0n) is 18.8. The van der Waals surface area contributed by atoms with Gasteiger partial charge >= 0.3 is 0 Å². The number of carbonyl (C=O) groups excluding carboxylic acids is 2. The molecule has 0 saturated carbocycles. The van der Waals surface area contributed by atoms with Crippen molar-refractivity contribution in [1.82, 2.24) is 0 Å². The first-order valence-electron chi connectivity index (χ1n) is 10.4. The van der Waals surface area contributed by atoms with Crippen molar-refractivity contribution in [1.29, 1.82) is 0 Å². The molecule has 1 amide bonds. The molecule has 1 aromatic heterocycles. The van der Waals surface area contributed by atoms with Crippen LogP contribution in [0.4, 0.5) is 5.69 Å². The number of methoxy groups -OCH3 is 1. The van der Waals surface area contributed by atoms with E-state index in [0.717, 1.165) is 10.4 Å². The largest absolute Gasteiger partial charge is 0.507 e. The van der Waals surface area contributed by atoms with E-state index in [-0.39, 0.29) is 16.7 Å². The third kappa shape index (κ3) is 4.16. The van der Waals surface area contributed by atoms with Crippen LogP contribution in [-0.4, -0.2) is 23.9 Å². The number of nitrogens with zero attached hydrogens (tertiary/aromatic N) is 1. The van der Waals surface area contributed by atoms with Crippen LogP contribution in [0.3, 0.4) is 0 Å². The molecule has 1 unspecified atom stereocenters. The molecule has 3 aromatic rings. The lowest BCUT2D eigenvalue weighted by atomic mass is 9.85. The monoisotopic (exact) mass is 481 g/mol. The van der Waals surface area contributed by atoms with Gasteiger partial charge in [0, 0.05) is 15.6 Å². The number of hydrogen-bond donors (Lipinski definition) is 1. The van der Waals surface area contributed by atoms with Gasteiger partial charge in [-0.2, -0.15) is 0 Å². The Morgan fingerprint density at radius 3 is 2.36 bits per heavy atom. The Morgan fingerprint density at radius 1 is 1.09 bits per heavy atom. The molecule has 1 aliphatic rings. The van der Waals surface area contributed by atoms with E-state index in [1.807, 2.05) is 29.6 Å². The van der Waals surface area contributed by atoms with Gasteiger partial charge in [0.05, 0.1) is 18.2 Å². The van der Waals surface area contributed by atoms with Crippen LogP contribution < -0.4 is 9.64 Å². The Morgan fingerprint density at radius 2 is 1.79 bits per heavy atom. The van der Waals surface area contributed by atoms with Gasteiger partial charge in [-0.25, -0.2) is 0 Å². The van der Waals surface area contributed by atoms with E-state index in [4.69, 9.17) is 16.3 Å². The molecule has 4 rings (SSSR count). The van der Waals surface area contributed by atoms with Gasteiger partial charge in [0.2, 0.25) is 0 Å². The number of rotatable bonds is 4. The third-order valence-corrected chi connectivity index (χ3v) is 6.86. The van der Waals surface area contributed by atoms with Crippen LogP contribution >= 0.6 is 22.9 Å². The summed E-state index contributed by atoms with van der Waals surface area (Å²) in [4.78, 5) is 28.7. The fourth-order valence-corrected chi connectivity index (χ4v) is 4.87. The molecular weight excluding hydrogens is 458 g/mol. The SMILES string of the molecule is COc1ccc(C(C)(C)C)cc1/C(O)=C1\C(=O)C(=O)N(c2ccc(Cl)cc2)C1c1cccs1. The summed E-state index contributed by atoms with van der Waals surface area (Å²) >= 11 is 7.44. The van der Waals surface area contributed by atoms with Crippen LogP contribution in [0.2, 0.25) is 5.02 Å². The van der Waals surface area contributed by atoms with Gasteiger partial charge in [0.15, 0.2) is 0 Å². The van der Waals surface area contributed by atoms with Gasteiger partial charge in [-0.05, 0) is 58.8 Å². The molecule has 5 nitrogen and oxygen atoms in total. The van der Waals surface area contributed by atoms with Gasteiger partial charge in [-0.1, -0.05) is 44.5 Å². The average molecular weight is 482 g/mol. The summed E-state index contributed by atoms with van der Waals surface area (Å²) in [5.74, 6) is -1.29. The number of hydrogen-bond acceptors (Lipinski definition) is 5. The molecule has 170 valence electrons. The molecule has 7 heteroatoms. The highest BCUT2D eigenvalue weighted by atomic mass is 35.5. The van der Waals surface area contributed by atoms with E-state index >= 15 is 0 Å². The summed E-state index contributed by atoms with van der Waals surface area (Å²) in [5.41, 5.74) is 1.70. The molecular formula is C26H24ClNO4S. The summed E-state index contributed by atoms with van der Waals surface area (Å²) in [7, 11) is 1.51. The minimum absolute atomic E-state index is 0.0294. The second kappa shape index (κ2) is 8.69. The molecule has 33 heavy (non-hydrogen) atoms. The Bertz CT molecular complexity index is 1240. The van der Waals surface area contributed by atoms with Crippen molar-refractivity contribution < 1.29 is 19.4 Å². The Kier molecular flexibility index (Phi) is 6.08. The zero-order chi connectivity index (χ0) is 23.9. The van der Waals surface area contributed by atoms with E-state index < -0.39 is 17.7 Å². The first-order chi connectivity index (χ1) is 15.6. The summed E-state index contributed by atoms with van der Waals surface area (Å²) in [5, 5.41) is 13.9. The lowest BCUT2D eigenvalue weighted by Gasteiger charge is -2.25. The highest BCUT2D eigenvalue weighted by Gasteiger charge is 2.47. The molecule has 1 fully saturated rings. The van der Waals surface area contributed by atoms with Gasteiger partial charge in [0.25, 0.3) is 11.7 Å². The fraction of sp³-hybridized carbons (Fsp3) is 0.231. The smallest absolute Gasteiger partial charge is 0.300 e. The number of thiophene rings is 1. The molecule has 1 aliphatic heterocycles. The van der Waals surface area contributed by atoms with Gasteiger partial charge < -0.3 is 9.84 Å². The summed E-state index contributed by atoms with van der Waals surface area (Å²) < 4.78 is 5.49. The fourth-order valence-electron chi connectivity index (χ4n) is 3.92. The zero-order valence-corrected chi connectivity index (χ0v) is 20.3. The molecule has 0 radical (unpaired) electrons. The van der Waals surface area contributed by atoms with Crippen LogP contribution in [0, 0.1) is 0 Å². The number of carbonyl (C=O) groups is 2. The van der Waals surface area contributed by atoms with E-state index in [1.54, 1.807) is 30.3 Å². The number of ether oxygens (including phenoxy) is 1. The molecule has 0 aliphatic carbocycles. The lowest BCUT2D eigenvalue weighted by Crippen LogP contribution is -2.29. The average Bonchev–Trinajstić information content (AvgIpc) is 3.40. The standard InChI is InChI=1S/C26H24ClNO4S/c1-26(2,3)15-7-12-19(32-4)18(14-15)23(29)21-22(20-6-5-13-33-20)28(25(31)24(21)30)17-10-8-16(27)9-11-17/h5-14,22,29H,1-4H3/b23-21+. The van der Waals surface area contributed by atoms with Crippen LogP contribution in [-0.2, 0) is 15.0 Å². The normalized spacial score (nSPS) is 18.1. The Labute approximate surface area is 201 Å². The van der Waals surface area contributed by atoms with Crippen LogP contribution in [0.25, 0.3) is 5.76 Å². The molecule has 1 N–H and O–H groups in total. The predicted molar refractivity (Wildman–Crippen MR) is 132 cm³/mol. The van der Waals surface area contributed by atoms with Crippen molar-refractivity contribution >= 4 is 46.1 Å². The Balaban J connectivity index is 1.96. The molecule has 0 spiro atoms. The van der Waals surface area contributed by atoms with Gasteiger partial charge in [-0.15, -0.1) is 11.3 Å². The maximum absolute atomic E-state index is 13.3. The number of aliphatic hydroxyl groups excluding tert-OH is 1. The van der Waals surface area contributed by atoms with Crippen LogP contribution in [0.1, 0.15) is 42.8 Å². The number of aliphatic hydroxyl groups is 1. The molecule has 2 aromatic carbocycles. The van der Waals surface area contributed by atoms with Crippen molar-refractivity contribution in [2.75, 3.05) is 12.0 Å². The van der Waals surface area contributed by atoms with Gasteiger partial charge in [0.1, 0.15) is 17.6 Å². The van der Waals surface area contributed by atoms with E-state index in [9.17, 15) is 14.7 Å². The van der Waals surface area contributed by atoms with Crippen LogP contribution in [0.15, 0.2) is 65.6 Å². The second-order valence-corrected chi connectivity index (χ2v) is 10.2. The summed E-state index contributed by atoms with van der Waals surface area (Å²) in [6.45, 7) is 6.18. The Hall–Kier alpha value is -3.09. The first kappa shape index (κ1) is 23.1. The first-order valence-corrected chi connectivity index (χ1v) is 11.7. The highest BCUT2D eigenvalue weighted by Crippen LogP contribution is 2.45. The van der Waals surface area contributed by atoms with E-state index in [2.05, 4.69) is 20.8 Å². The summed E-state index contributed by atoms with van der Waals surface area (Å²) in [6.07, 6.45) is 0. The molecule has 1 saturated heterocycles. The maximum atomic E-state index is 13.3. The van der Waals surface area contributed by atoms with E-state index in [0.29, 0.717) is 22.0 Å². The molecule has 0 bridgehead atoms. The van der Waals surface area contributed by atoms with Crippen molar-refractivity contribution in [2.24, 2.45) is 0 Å². The lowest BCUT2D eigenvalue weighted by molar-refractivity contribution is -0.132. The highest BCUT2D eigenvalue weighted by molar-refractivity contribution is 7.10. The van der Waals surface area contributed by atoms with Crippen molar-refractivity contribution in [2.45, 2.75) is 32.2 Å². The number of anilines is 1. The minimum Gasteiger partial charge on any atom is -0.507 e. The van der Waals surface area contributed by atoms with Gasteiger partial charge in [-0.3, -0.25) is 14.5 Å². The summed E-state index contributed by atoms with van der Waals surface area (Å²) in [6, 6.07) is 15.1. The second-order valence-electron chi connectivity index (χ2n) is 8.83. The van der Waals surface area contributed by atoms with Crippen molar-refractivity contribution in [3.63, 3.8) is 0 Å². The number of Topliss-reactive ketones (excluding diaryl/α,β-unsaturated/α-hetero) is 1. The topological polar surface area (TPSA) is 66.8 Å². The third-order valence-electron chi connectivity index (χ3n) is 5.68. The molecule has 2 heterocycles. The van der Waals surface area contributed by atoms with E-state index in [1.165, 1.54) is 23.3 Å². The van der Waals surface area contributed by atoms with Crippen LogP contribution in [0.5, 0.6) is 5.75 Å². The quantitative estimate of drug-likeness (QED) is 0.268. The number of amides is 1. The number of benzene rings is 2. The van der Waals surface area contributed by atoms with Crippen molar-refractivity contribution in [3.8, 4) is 5.75 Å².